The molecule has 1 aliphatic heterocycles. The van der Waals surface area contributed by atoms with E-state index in [4.69, 9.17) is 11.6 Å². The van der Waals surface area contributed by atoms with Gasteiger partial charge in [0.1, 0.15) is 17.9 Å². The van der Waals surface area contributed by atoms with Gasteiger partial charge >= 0.3 is 0 Å². The Kier molecular flexibility index (Phi) is 3.85. The molecule has 2 aromatic rings. The van der Waals surface area contributed by atoms with Crippen LogP contribution in [0.5, 0.6) is 0 Å². The maximum atomic E-state index is 13.9. The summed E-state index contributed by atoms with van der Waals surface area (Å²) in [6.45, 7) is 3.53. The Balaban J connectivity index is 2.01. The van der Waals surface area contributed by atoms with Gasteiger partial charge in [-0.2, -0.15) is 0 Å². The van der Waals surface area contributed by atoms with Crippen LogP contribution in [0.1, 0.15) is 31.0 Å². The normalized spacial score (nSPS) is 16.6. The molecule has 21 heavy (non-hydrogen) atoms. The number of carbonyl (C=O) groups excluding carboxylic acids is 1. The number of amides is 1. The monoisotopic (exact) mass is 309 g/mol. The molecule has 0 aliphatic carbocycles. The zero-order chi connectivity index (χ0) is 15.0. The van der Waals surface area contributed by atoms with Crippen molar-refractivity contribution in [2.45, 2.75) is 31.7 Å². The minimum absolute atomic E-state index is 0.0367. The molecular formula is C15H17ClFN3O. The Labute approximate surface area is 127 Å². The van der Waals surface area contributed by atoms with E-state index in [0.29, 0.717) is 11.3 Å². The average molecular weight is 310 g/mol. The Hall–Kier alpha value is -1.62. The number of hydrogen-bond donors (Lipinski definition) is 0. The number of halogens is 2. The fraction of sp³-hybridized carbons (Fsp3) is 0.467. The molecule has 0 spiro atoms. The van der Waals surface area contributed by atoms with Crippen molar-refractivity contribution >= 4 is 28.5 Å². The van der Waals surface area contributed by atoms with E-state index in [-0.39, 0.29) is 23.3 Å². The van der Waals surface area contributed by atoms with Gasteiger partial charge in [-0.1, -0.05) is 6.07 Å². The number of likely N-dealkylation sites (tertiary alicyclic amines) is 1. The van der Waals surface area contributed by atoms with E-state index < -0.39 is 5.82 Å². The van der Waals surface area contributed by atoms with Crippen molar-refractivity contribution in [3.8, 4) is 0 Å². The van der Waals surface area contributed by atoms with Crippen molar-refractivity contribution in [3.63, 3.8) is 0 Å². The molecule has 6 heteroatoms. The molecular weight excluding hydrogens is 293 g/mol. The maximum Gasteiger partial charge on any atom is 0.242 e. The van der Waals surface area contributed by atoms with E-state index >= 15 is 0 Å². The van der Waals surface area contributed by atoms with Gasteiger partial charge in [0.15, 0.2) is 5.82 Å². The van der Waals surface area contributed by atoms with Crippen LogP contribution in [0.25, 0.3) is 11.0 Å². The minimum Gasteiger partial charge on any atom is -0.341 e. The van der Waals surface area contributed by atoms with E-state index in [0.717, 1.165) is 25.9 Å². The van der Waals surface area contributed by atoms with Crippen LogP contribution >= 0.6 is 11.6 Å². The lowest BCUT2D eigenvalue weighted by atomic mass is 10.3. The second kappa shape index (κ2) is 5.64. The highest BCUT2D eigenvalue weighted by Gasteiger charge is 2.23. The first-order valence-corrected chi connectivity index (χ1v) is 7.58. The zero-order valence-electron chi connectivity index (χ0n) is 11.9. The summed E-state index contributed by atoms with van der Waals surface area (Å²) in [7, 11) is 0. The highest BCUT2D eigenvalue weighted by Crippen LogP contribution is 2.26. The third kappa shape index (κ3) is 2.62. The number of alkyl halides is 1. The van der Waals surface area contributed by atoms with Crippen molar-refractivity contribution in [2.75, 3.05) is 13.1 Å². The number of rotatable bonds is 3. The second-order valence-electron chi connectivity index (χ2n) is 5.37. The number of imidazole rings is 1. The first-order chi connectivity index (χ1) is 10.1. The zero-order valence-corrected chi connectivity index (χ0v) is 12.6. The molecule has 1 aromatic carbocycles. The Bertz CT molecular complexity index is 677. The van der Waals surface area contributed by atoms with Crippen LogP contribution in [0.4, 0.5) is 4.39 Å². The maximum absolute atomic E-state index is 13.9. The largest absolute Gasteiger partial charge is 0.341 e. The molecule has 0 saturated carbocycles. The summed E-state index contributed by atoms with van der Waals surface area (Å²) < 4.78 is 15.6. The highest BCUT2D eigenvalue weighted by molar-refractivity contribution is 6.20. The molecule has 112 valence electrons. The van der Waals surface area contributed by atoms with Crippen molar-refractivity contribution in [1.29, 1.82) is 0 Å². The number of carbonyl (C=O) groups is 1. The molecule has 2 heterocycles. The fourth-order valence-electron chi connectivity index (χ4n) is 2.80. The topological polar surface area (TPSA) is 38.1 Å². The van der Waals surface area contributed by atoms with Gasteiger partial charge in [0.05, 0.1) is 10.9 Å². The summed E-state index contributed by atoms with van der Waals surface area (Å²) in [5.74, 6) is 0.178. The predicted molar refractivity (Wildman–Crippen MR) is 79.8 cm³/mol. The van der Waals surface area contributed by atoms with E-state index in [1.54, 1.807) is 23.6 Å². The molecule has 0 N–H and O–H groups in total. The highest BCUT2D eigenvalue weighted by atomic mass is 35.5. The quantitative estimate of drug-likeness (QED) is 0.817. The molecule has 1 aliphatic rings. The smallest absolute Gasteiger partial charge is 0.242 e. The number of para-hydroxylation sites is 1. The van der Waals surface area contributed by atoms with Crippen LogP contribution in [-0.4, -0.2) is 33.4 Å². The van der Waals surface area contributed by atoms with Crippen molar-refractivity contribution in [3.05, 3.63) is 29.8 Å². The molecule has 4 nitrogen and oxygen atoms in total. The molecule has 1 unspecified atom stereocenters. The van der Waals surface area contributed by atoms with Crippen molar-refractivity contribution in [1.82, 2.24) is 14.5 Å². The van der Waals surface area contributed by atoms with Gasteiger partial charge in [-0.25, -0.2) is 9.37 Å². The molecule has 1 atom stereocenters. The van der Waals surface area contributed by atoms with E-state index in [1.807, 2.05) is 4.90 Å². The predicted octanol–water partition coefficient (Wildman–Crippen LogP) is 3.10. The number of benzene rings is 1. The van der Waals surface area contributed by atoms with Crippen LogP contribution in [0.3, 0.4) is 0 Å². The van der Waals surface area contributed by atoms with Crippen LogP contribution in [0.2, 0.25) is 0 Å². The number of nitrogens with zero attached hydrogens (tertiary/aromatic N) is 3. The number of fused-ring (bicyclic) bond motifs is 1. The molecule has 0 radical (unpaired) electrons. The minimum atomic E-state index is -0.390. The van der Waals surface area contributed by atoms with E-state index in [9.17, 15) is 9.18 Å². The standard InChI is InChI=1S/C15H17ClFN3O/c1-10(16)15-18-14-11(17)5-4-6-12(14)20(15)9-13(21)19-7-2-3-8-19/h4-6,10H,2-3,7-9H2,1H3. The summed E-state index contributed by atoms with van der Waals surface area (Å²) in [6, 6.07) is 4.76. The van der Waals surface area contributed by atoms with E-state index in [1.165, 1.54) is 6.07 Å². The lowest BCUT2D eigenvalue weighted by Crippen LogP contribution is -2.31. The Morgan fingerprint density at radius 1 is 1.43 bits per heavy atom. The van der Waals surface area contributed by atoms with Crippen LogP contribution in [0, 0.1) is 5.82 Å². The Morgan fingerprint density at radius 2 is 2.14 bits per heavy atom. The molecule has 0 bridgehead atoms. The van der Waals surface area contributed by atoms with Crippen molar-refractivity contribution in [2.24, 2.45) is 0 Å². The van der Waals surface area contributed by atoms with Crippen LogP contribution in [0.15, 0.2) is 18.2 Å². The van der Waals surface area contributed by atoms with Crippen LogP contribution in [-0.2, 0) is 11.3 Å². The van der Waals surface area contributed by atoms with Gasteiger partial charge in [-0.3, -0.25) is 4.79 Å². The number of aromatic nitrogens is 2. The van der Waals surface area contributed by atoms with Gasteiger partial charge in [0.25, 0.3) is 0 Å². The Morgan fingerprint density at radius 3 is 2.81 bits per heavy atom. The molecule has 3 rings (SSSR count). The molecule has 1 saturated heterocycles. The summed E-state index contributed by atoms with van der Waals surface area (Å²) in [6.07, 6.45) is 2.09. The van der Waals surface area contributed by atoms with Crippen molar-refractivity contribution < 1.29 is 9.18 Å². The second-order valence-corrected chi connectivity index (χ2v) is 6.02. The molecule has 1 aromatic heterocycles. The first kappa shape index (κ1) is 14.3. The van der Waals surface area contributed by atoms with Gasteiger partial charge in [-0.05, 0) is 31.9 Å². The summed E-state index contributed by atoms with van der Waals surface area (Å²) >= 11 is 6.14. The number of hydrogen-bond acceptors (Lipinski definition) is 2. The molecule has 1 amide bonds. The van der Waals surface area contributed by atoms with E-state index in [2.05, 4.69) is 4.98 Å². The average Bonchev–Trinajstić information content (AvgIpc) is 3.07. The molecule has 1 fully saturated rings. The SMILES string of the molecule is CC(Cl)c1nc2c(F)cccc2n1CC(=O)N1CCCC1. The third-order valence-electron chi connectivity index (χ3n) is 3.87. The third-order valence-corrected chi connectivity index (χ3v) is 4.06. The van der Waals surface area contributed by atoms with Gasteiger partial charge in [-0.15, -0.1) is 11.6 Å². The lowest BCUT2D eigenvalue weighted by Gasteiger charge is -2.17. The summed E-state index contributed by atoms with van der Waals surface area (Å²) in [5, 5.41) is -0.386. The fourth-order valence-corrected chi connectivity index (χ4v) is 2.97. The summed E-state index contributed by atoms with van der Waals surface area (Å²) in [4.78, 5) is 18.5. The van der Waals surface area contributed by atoms with Gasteiger partial charge in [0, 0.05) is 13.1 Å². The first-order valence-electron chi connectivity index (χ1n) is 7.14. The van der Waals surface area contributed by atoms with Gasteiger partial charge in [0.2, 0.25) is 5.91 Å². The summed E-state index contributed by atoms with van der Waals surface area (Å²) in [5.41, 5.74) is 0.888. The van der Waals surface area contributed by atoms with Gasteiger partial charge < -0.3 is 9.47 Å². The van der Waals surface area contributed by atoms with Crippen LogP contribution < -0.4 is 0 Å². The lowest BCUT2D eigenvalue weighted by molar-refractivity contribution is -0.130.